The van der Waals surface area contributed by atoms with Gasteiger partial charge in [-0.25, -0.2) is 4.79 Å². The Hall–Kier alpha value is -3.42. The highest BCUT2D eigenvalue weighted by Gasteiger charge is 2.30. The molecule has 0 aliphatic heterocycles. The zero-order valence-corrected chi connectivity index (χ0v) is 19.4. The van der Waals surface area contributed by atoms with Gasteiger partial charge in [0.2, 0.25) is 5.43 Å². The molecule has 8 heteroatoms. The van der Waals surface area contributed by atoms with Crippen molar-refractivity contribution < 1.29 is 19.1 Å². The van der Waals surface area contributed by atoms with Crippen LogP contribution in [0.1, 0.15) is 89.7 Å². The first-order valence-electron chi connectivity index (χ1n) is 12.0. The lowest BCUT2D eigenvalue weighted by Crippen LogP contribution is -2.41. The van der Waals surface area contributed by atoms with E-state index < -0.39 is 29.3 Å². The first-order valence-corrected chi connectivity index (χ1v) is 12.0. The molecule has 180 valence electrons. The lowest BCUT2D eigenvalue weighted by Gasteiger charge is -2.19. The van der Waals surface area contributed by atoms with Crippen LogP contribution >= 0.6 is 0 Å². The highest BCUT2D eigenvalue weighted by atomic mass is 16.5. The van der Waals surface area contributed by atoms with E-state index in [2.05, 4.69) is 10.6 Å². The number of nitrogens with one attached hydrogen (secondary N) is 2. The van der Waals surface area contributed by atoms with Crippen molar-refractivity contribution in [3.8, 4) is 0 Å². The molecule has 0 radical (unpaired) electrons. The summed E-state index contributed by atoms with van der Waals surface area (Å²) in [5.74, 6) is -1.82. The van der Waals surface area contributed by atoms with E-state index in [9.17, 15) is 19.2 Å². The number of ether oxygens (including phenoxy) is 1. The van der Waals surface area contributed by atoms with Crippen molar-refractivity contribution in [3.63, 3.8) is 0 Å². The Balaban J connectivity index is 1.62. The van der Waals surface area contributed by atoms with Crippen molar-refractivity contribution >= 4 is 17.8 Å². The minimum Gasteiger partial charge on any atom is -0.467 e. The Kier molecular flexibility index (Phi) is 7.45. The van der Waals surface area contributed by atoms with E-state index in [1.807, 2.05) is 0 Å². The fraction of sp³-hybridized carbons (Fsp3) is 0.462. The van der Waals surface area contributed by atoms with Gasteiger partial charge < -0.3 is 19.9 Å². The molecule has 0 spiro atoms. The third-order valence-corrected chi connectivity index (χ3v) is 6.54. The highest BCUT2D eigenvalue weighted by Crippen LogP contribution is 2.34. The second kappa shape index (κ2) is 10.7. The minimum absolute atomic E-state index is 0.0306. The molecule has 2 fully saturated rings. The predicted octanol–water partition coefficient (Wildman–Crippen LogP) is 3.28. The number of aromatic nitrogens is 1. The Morgan fingerprint density at radius 1 is 0.912 bits per heavy atom. The fourth-order valence-electron chi connectivity index (χ4n) is 4.44. The number of nitrogens with zero attached hydrogens (tertiary/aromatic N) is 1. The number of carbonyl (C=O) groups excluding carboxylic acids is 3. The van der Waals surface area contributed by atoms with Gasteiger partial charge in [0.25, 0.3) is 11.8 Å². The molecule has 0 bridgehead atoms. The number of rotatable bonds is 7. The molecule has 1 atom stereocenters. The molecule has 8 nitrogen and oxygen atoms in total. The monoisotopic (exact) mass is 465 g/mol. The van der Waals surface area contributed by atoms with Gasteiger partial charge in [-0.1, -0.05) is 56.0 Å². The van der Waals surface area contributed by atoms with E-state index in [0.717, 1.165) is 51.4 Å². The molecule has 2 N–H and O–H groups in total. The lowest BCUT2D eigenvalue weighted by molar-refractivity contribution is -0.143. The summed E-state index contributed by atoms with van der Waals surface area (Å²) in [6.07, 6.45) is 11.1. The van der Waals surface area contributed by atoms with E-state index in [0.29, 0.717) is 5.56 Å². The molecule has 1 aromatic heterocycles. The molecule has 1 aromatic carbocycles. The van der Waals surface area contributed by atoms with Crippen LogP contribution in [0.15, 0.2) is 47.5 Å². The third-order valence-electron chi connectivity index (χ3n) is 6.54. The van der Waals surface area contributed by atoms with Crippen LogP contribution in [0.3, 0.4) is 0 Å². The average molecular weight is 466 g/mol. The van der Waals surface area contributed by atoms with Crippen molar-refractivity contribution in [2.75, 3.05) is 7.11 Å². The molecular weight excluding hydrogens is 434 g/mol. The van der Waals surface area contributed by atoms with E-state index in [1.54, 1.807) is 41.1 Å². The summed E-state index contributed by atoms with van der Waals surface area (Å²) < 4.78 is 6.63. The number of esters is 1. The van der Waals surface area contributed by atoms with Crippen molar-refractivity contribution in [1.82, 2.24) is 15.2 Å². The predicted molar refractivity (Wildman–Crippen MR) is 127 cm³/mol. The third kappa shape index (κ3) is 5.55. The first-order chi connectivity index (χ1) is 16.5. The van der Waals surface area contributed by atoms with E-state index in [-0.39, 0.29) is 23.2 Å². The number of methoxy groups -OCH3 is 1. The zero-order chi connectivity index (χ0) is 24.1. The molecule has 2 saturated carbocycles. The summed E-state index contributed by atoms with van der Waals surface area (Å²) in [6, 6.07) is 7.79. The smallest absolute Gasteiger partial charge is 0.333 e. The molecule has 4 rings (SSSR count). The van der Waals surface area contributed by atoms with Crippen LogP contribution < -0.4 is 16.1 Å². The van der Waals surface area contributed by atoms with Crippen LogP contribution in [-0.4, -0.2) is 35.5 Å². The Bertz CT molecular complexity index is 1100. The molecule has 2 aliphatic rings. The summed E-state index contributed by atoms with van der Waals surface area (Å²) in [5.41, 5.74) is -0.312. The summed E-state index contributed by atoms with van der Waals surface area (Å²) in [6.45, 7) is 0. The van der Waals surface area contributed by atoms with Gasteiger partial charge in [0.05, 0.1) is 7.11 Å². The Morgan fingerprint density at radius 3 is 2.12 bits per heavy atom. The van der Waals surface area contributed by atoms with Gasteiger partial charge >= 0.3 is 5.97 Å². The van der Waals surface area contributed by atoms with Crippen LogP contribution in [0.2, 0.25) is 0 Å². The second-order valence-corrected chi connectivity index (χ2v) is 9.10. The maximum absolute atomic E-state index is 13.3. The van der Waals surface area contributed by atoms with Crippen molar-refractivity contribution in [2.45, 2.75) is 69.5 Å². The van der Waals surface area contributed by atoms with Gasteiger partial charge in [-0.3, -0.25) is 14.4 Å². The number of amides is 2. The molecule has 2 aliphatic carbocycles. The van der Waals surface area contributed by atoms with Crippen LogP contribution in [0.5, 0.6) is 0 Å². The molecule has 0 saturated heterocycles. The van der Waals surface area contributed by atoms with Gasteiger partial charge in [0.15, 0.2) is 6.04 Å². The molecular formula is C26H31N3O5. The van der Waals surface area contributed by atoms with Gasteiger partial charge in [-0.05, 0) is 31.2 Å². The van der Waals surface area contributed by atoms with Gasteiger partial charge in [-0.15, -0.1) is 0 Å². The molecule has 2 aromatic rings. The standard InChI is InChI=1S/C26H31N3O5/c1-34-26(33)22(17-9-5-4-6-10-17)28-25(32)21-16-29(19-13-14-19)15-20(23(21)30)24(31)27-18-11-7-2-3-8-12-18/h4-6,9-10,15-16,18-19,22H,2-3,7-8,11-14H2,1H3,(H,27,31)(H,28,32)/t22-/m0/s1. The number of carbonyl (C=O) groups is 3. The van der Waals surface area contributed by atoms with Gasteiger partial charge in [0.1, 0.15) is 11.1 Å². The van der Waals surface area contributed by atoms with Crippen LogP contribution in [0.25, 0.3) is 0 Å². The van der Waals surface area contributed by atoms with Crippen LogP contribution in [0.4, 0.5) is 0 Å². The number of benzene rings is 1. The summed E-state index contributed by atoms with van der Waals surface area (Å²) in [5, 5.41) is 5.63. The van der Waals surface area contributed by atoms with Crippen molar-refractivity contribution in [1.29, 1.82) is 0 Å². The summed E-state index contributed by atoms with van der Waals surface area (Å²) in [7, 11) is 1.24. The highest BCUT2D eigenvalue weighted by molar-refractivity contribution is 6.00. The maximum atomic E-state index is 13.3. The van der Waals surface area contributed by atoms with Crippen molar-refractivity contribution in [2.24, 2.45) is 0 Å². The van der Waals surface area contributed by atoms with Crippen molar-refractivity contribution in [3.05, 3.63) is 69.6 Å². The van der Waals surface area contributed by atoms with Gasteiger partial charge in [-0.2, -0.15) is 0 Å². The van der Waals surface area contributed by atoms with E-state index in [1.165, 1.54) is 13.3 Å². The number of hydrogen-bond acceptors (Lipinski definition) is 5. The number of pyridine rings is 1. The SMILES string of the molecule is COC(=O)[C@@H](NC(=O)c1cn(C2CC2)cc(C(=O)NC2CCCCCC2)c1=O)c1ccccc1. The molecule has 0 unspecified atom stereocenters. The average Bonchev–Trinajstić information content (AvgIpc) is 3.71. The summed E-state index contributed by atoms with van der Waals surface area (Å²) in [4.78, 5) is 51.9. The molecule has 1 heterocycles. The Labute approximate surface area is 198 Å². The Morgan fingerprint density at radius 2 is 1.53 bits per heavy atom. The van der Waals surface area contributed by atoms with E-state index >= 15 is 0 Å². The van der Waals surface area contributed by atoms with Crippen LogP contribution in [0, 0.1) is 0 Å². The summed E-state index contributed by atoms with van der Waals surface area (Å²) >= 11 is 0. The lowest BCUT2D eigenvalue weighted by atomic mass is 10.1. The topological polar surface area (TPSA) is 106 Å². The minimum atomic E-state index is -1.07. The largest absolute Gasteiger partial charge is 0.467 e. The first kappa shape index (κ1) is 23.7. The van der Waals surface area contributed by atoms with Crippen LogP contribution in [-0.2, 0) is 9.53 Å². The number of hydrogen-bond donors (Lipinski definition) is 2. The fourth-order valence-corrected chi connectivity index (χ4v) is 4.44. The molecule has 2 amide bonds. The normalized spacial score (nSPS) is 17.3. The van der Waals surface area contributed by atoms with E-state index in [4.69, 9.17) is 4.74 Å². The quantitative estimate of drug-likeness (QED) is 0.482. The zero-order valence-electron chi connectivity index (χ0n) is 19.4. The second-order valence-electron chi connectivity index (χ2n) is 9.10. The maximum Gasteiger partial charge on any atom is 0.333 e. The molecule has 34 heavy (non-hydrogen) atoms. The van der Waals surface area contributed by atoms with Gasteiger partial charge in [0, 0.05) is 24.5 Å².